The lowest BCUT2D eigenvalue weighted by atomic mass is 10.1. The second-order valence-electron chi connectivity index (χ2n) is 4.27. The maximum Gasteiger partial charge on any atom is 0.390 e. The van der Waals surface area contributed by atoms with Gasteiger partial charge in [-0.15, -0.1) is 0 Å². The molecule has 2 N–H and O–H groups in total. The van der Waals surface area contributed by atoms with Gasteiger partial charge in [0.25, 0.3) is 0 Å². The van der Waals surface area contributed by atoms with Crippen LogP contribution in [0, 0.1) is 5.82 Å². The van der Waals surface area contributed by atoms with Gasteiger partial charge < -0.3 is 10.6 Å². The van der Waals surface area contributed by atoms with Crippen LogP contribution in [-0.4, -0.2) is 29.7 Å². The van der Waals surface area contributed by atoms with E-state index in [1.54, 1.807) is 7.05 Å². The molecule has 0 saturated heterocycles. The van der Waals surface area contributed by atoms with E-state index in [1.807, 2.05) is 0 Å². The van der Waals surface area contributed by atoms with Crippen molar-refractivity contribution in [3.63, 3.8) is 0 Å². The lowest BCUT2D eigenvalue weighted by molar-refractivity contribution is -0.137. The fourth-order valence-corrected chi connectivity index (χ4v) is 1.79. The van der Waals surface area contributed by atoms with Gasteiger partial charge in [-0.1, -0.05) is 18.3 Å². The number of nitrogens with two attached hydrogens (primary N) is 1. The summed E-state index contributed by atoms with van der Waals surface area (Å²) in [5.41, 5.74) is 6.43. The summed E-state index contributed by atoms with van der Waals surface area (Å²) >= 11 is 4.80. The molecule has 0 unspecified atom stereocenters. The van der Waals surface area contributed by atoms with Gasteiger partial charge in [-0.3, -0.25) is 0 Å². The molecule has 0 spiro atoms. The zero-order valence-electron chi connectivity index (χ0n) is 10.3. The number of hydrogen-bond acceptors (Lipinski definition) is 2. The van der Waals surface area contributed by atoms with Crippen LogP contribution >= 0.6 is 12.2 Å². The molecular formula is C12H14F4N2S. The smallest absolute Gasteiger partial charge is 0.389 e. The van der Waals surface area contributed by atoms with Crippen molar-refractivity contribution in [1.29, 1.82) is 0 Å². The Morgan fingerprint density at radius 1 is 1.37 bits per heavy atom. The Labute approximate surface area is 114 Å². The molecule has 2 nitrogen and oxygen atoms in total. The number of thiocarbonyl (C=S) groups is 1. The van der Waals surface area contributed by atoms with Gasteiger partial charge in [-0.05, 0) is 24.7 Å². The first-order chi connectivity index (χ1) is 8.69. The van der Waals surface area contributed by atoms with E-state index < -0.39 is 18.4 Å². The third-order valence-electron chi connectivity index (χ3n) is 2.55. The predicted molar refractivity (Wildman–Crippen MR) is 69.3 cm³/mol. The normalized spacial score (nSPS) is 11.9. The zero-order chi connectivity index (χ0) is 14.6. The van der Waals surface area contributed by atoms with E-state index in [0.717, 1.165) is 0 Å². The van der Waals surface area contributed by atoms with Gasteiger partial charge in [-0.25, -0.2) is 4.39 Å². The molecule has 1 aromatic carbocycles. The highest BCUT2D eigenvalue weighted by Gasteiger charge is 2.27. The van der Waals surface area contributed by atoms with Gasteiger partial charge in [0, 0.05) is 18.7 Å². The monoisotopic (exact) mass is 294 g/mol. The number of rotatable bonds is 5. The molecule has 1 aromatic rings. The zero-order valence-corrected chi connectivity index (χ0v) is 11.1. The summed E-state index contributed by atoms with van der Waals surface area (Å²) in [4.78, 5) is 1.52. The van der Waals surface area contributed by atoms with Gasteiger partial charge in [-0.2, -0.15) is 13.2 Å². The molecule has 0 aliphatic carbocycles. The fraction of sp³-hybridized carbons (Fsp3) is 0.417. The van der Waals surface area contributed by atoms with E-state index in [0.29, 0.717) is 11.1 Å². The first kappa shape index (κ1) is 15.8. The SMILES string of the molecule is CN(CCC(F)(F)F)Cc1ccc(F)cc1C(N)=S. The van der Waals surface area contributed by atoms with Crippen molar-refractivity contribution < 1.29 is 17.6 Å². The lowest BCUT2D eigenvalue weighted by Crippen LogP contribution is -2.25. The van der Waals surface area contributed by atoms with Crippen molar-refractivity contribution in [3.05, 3.63) is 35.1 Å². The van der Waals surface area contributed by atoms with E-state index in [2.05, 4.69) is 0 Å². The second kappa shape index (κ2) is 6.29. The fourth-order valence-electron chi connectivity index (χ4n) is 1.60. The van der Waals surface area contributed by atoms with Crippen LogP contribution in [0.15, 0.2) is 18.2 Å². The standard InChI is InChI=1S/C12H14F4N2S/c1-18(5-4-12(14,15)16)7-8-2-3-9(13)6-10(8)11(17)19/h2-3,6H,4-5,7H2,1H3,(H2,17,19). The van der Waals surface area contributed by atoms with E-state index >= 15 is 0 Å². The minimum absolute atomic E-state index is 0.0266. The van der Waals surface area contributed by atoms with Crippen molar-refractivity contribution in [3.8, 4) is 0 Å². The Morgan fingerprint density at radius 3 is 2.53 bits per heavy atom. The Bertz CT molecular complexity index is 460. The quantitative estimate of drug-likeness (QED) is 0.669. The molecule has 1 rings (SSSR count). The topological polar surface area (TPSA) is 29.3 Å². The highest BCUT2D eigenvalue weighted by atomic mass is 32.1. The summed E-state index contributed by atoms with van der Waals surface area (Å²) in [5, 5.41) is 0. The van der Waals surface area contributed by atoms with Crippen molar-refractivity contribution in [2.24, 2.45) is 5.73 Å². The Morgan fingerprint density at radius 2 is 2.00 bits per heavy atom. The average Bonchev–Trinajstić information content (AvgIpc) is 2.28. The van der Waals surface area contributed by atoms with Gasteiger partial charge in [0.15, 0.2) is 0 Å². The first-order valence-electron chi connectivity index (χ1n) is 5.52. The molecule has 7 heteroatoms. The third kappa shape index (κ3) is 5.52. The second-order valence-corrected chi connectivity index (χ2v) is 4.71. The summed E-state index contributed by atoms with van der Waals surface area (Å²) in [5.74, 6) is -0.482. The molecule has 0 aliphatic rings. The third-order valence-corrected chi connectivity index (χ3v) is 2.77. The van der Waals surface area contributed by atoms with Crippen molar-refractivity contribution in [2.75, 3.05) is 13.6 Å². The number of hydrogen-bond donors (Lipinski definition) is 1. The minimum atomic E-state index is -4.19. The molecule has 0 atom stereocenters. The maximum atomic E-state index is 13.1. The maximum absolute atomic E-state index is 13.1. The van der Waals surface area contributed by atoms with E-state index in [1.165, 1.54) is 23.1 Å². The van der Waals surface area contributed by atoms with Crippen LogP contribution in [0.25, 0.3) is 0 Å². The lowest BCUT2D eigenvalue weighted by Gasteiger charge is -2.19. The minimum Gasteiger partial charge on any atom is -0.389 e. The van der Waals surface area contributed by atoms with Crippen LogP contribution in [0.2, 0.25) is 0 Å². The molecule has 0 amide bonds. The molecule has 0 bridgehead atoms. The molecule has 0 saturated carbocycles. The van der Waals surface area contributed by atoms with Gasteiger partial charge in [0.2, 0.25) is 0 Å². The van der Waals surface area contributed by atoms with Gasteiger partial charge >= 0.3 is 6.18 Å². The summed E-state index contributed by atoms with van der Waals surface area (Å²) in [7, 11) is 1.55. The van der Waals surface area contributed by atoms with Crippen LogP contribution in [0.3, 0.4) is 0 Å². The van der Waals surface area contributed by atoms with Crippen molar-refractivity contribution in [2.45, 2.75) is 19.1 Å². The van der Waals surface area contributed by atoms with E-state index in [9.17, 15) is 17.6 Å². The molecule has 0 fully saturated rings. The molecule has 0 radical (unpaired) electrons. The summed E-state index contributed by atoms with van der Waals surface area (Å²) in [6, 6.07) is 3.90. The molecular weight excluding hydrogens is 280 g/mol. The summed E-state index contributed by atoms with van der Waals surface area (Å²) in [6.07, 6.45) is -5.09. The van der Waals surface area contributed by atoms with Gasteiger partial charge in [0.1, 0.15) is 10.8 Å². The van der Waals surface area contributed by atoms with E-state index in [4.69, 9.17) is 18.0 Å². The van der Waals surface area contributed by atoms with Crippen LogP contribution in [0.5, 0.6) is 0 Å². The molecule has 19 heavy (non-hydrogen) atoms. The number of alkyl halides is 3. The summed E-state index contributed by atoms with van der Waals surface area (Å²) < 4.78 is 49.4. The molecule has 0 aromatic heterocycles. The molecule has 106 valence electrons. The van der Waals surface area contributed by atoms with Crippen molar-refractivity contribution in [1.82, 2.24) is 4.90 Å². The van der Waals surface area contributed by atoms with Gasteiger partial charge in [0.05, 0.1) is 6.42 Å². The highest BCUT2D eigenvalue weighted by Crippen LogP contribution is 2.20. The number of benzene rings is 1. The summed E-state index contributed by atoms with van der Waals surface area (Å²) in [6.45, 7) is 0.0840. The predicted octanol–water partition coefficient (Wildman–Crippen LogP) is 2.84. The van der Waals surface area contributed by atoms with Crippen LogP contribution in [0.4, 0.5) is 17.6 Å². The Hall–Kier alpha value is -1.21. The number of halogens is 4. The highest BCUT2D eigenvalue weighted by molar-refractivity contribution is 7.80. The number of nitrogens with zero attached hydrogens (tertiary/aromatic N) is 1. The van der Waals surface area contributed by atoms with Crippen LogP contribution in [0.1, 0.15) is 17.5 Å². The van der Waals surface area contributed by atoms with Crippen LogP contribution in [-0.2, 0) is 6.54 Å². The molecule has 0 heterocycles. The Kier molecular flexibility index (Phi) is 5.25. The average molecular weight is 294 g/mol. The van der Waals surface area contributed by atoms with Crippen molar-refractivity contribution >= 4 is 17.2 Å². The Balaban J connectivity index is 2.74. The molecule has 0 aliphatic heterocycles. The largest absolute Gasteiger partial charge is 0.390 e. The first-order valence-corrected chi connectivity index (χ1v) is 5.93. The van der Waals surface area contributed by atoms with Crippen LogP contribution < -0.4 is 5.73 Å². The van der Waals surface area contributed by atoms with E-state index in [-0.39, 0.29) is 18.1 Å².